The predicted molar refractivity (Wildman–Crippen MR) is 122 cm³/mol. The van der Waals surface area contributed by atoms with Crippen LogP contribution in [0, 0.1) is 5.92 Å². The van der Waals surface area contributed by atoms with E-state index in [4.69, 9.17) is 11.6 Å². The lowest BCUT2D eigenvalue weighted by molar-refractivity contribution is -0.143. The number of alkyl halides is 6. The smallest absolute Gasteiger partial charge is 0.396 e. The van der Waals surface area contributed by atoms with Gasteiger partial charge >= 0.3 is 12.4 Å². The highest BCUT2D eigenvalue weighted by atomic mass is 35.5. The number of carbonyl (C=O) groups excluding carboxylic acids is 1. The van der Waals surface area contributed by atoms with Crippen molar-refractivity contribution in [2.45, 2.75) is 25.8 Å². The molecule has 0 saturated carbocycles. The van der Waals surface area contributed by atoms with Crippen molar-refractivity contribution in [2.75, 3.05) is 13.2 Å². The number of pyridine rings is 1. The van der Waals surface area contributed by atoms with E-state index in [2.05, 4.69) is 4.98 Å². The molecule has 1 atom stereocenters. The van der Waals surface area contributed by atoms with Gasteiger partial charge in [0.25, 0.3) is 5.91 Å². The Balaban J connectivity index is 2.10. The predicted octanol–water partition coefficient (Wildman–Crippen LogP) is 6.71. The number of halogens is 7. The number of benzene rings is 2. The zero-order chi connectivity index (χ0) is 26.7. The summed E-state index contributed by atoms with van der Waals surface area (Å²) in [6, 6.07) is 11.3. The minimum Gasteiger partial charge on any atom is -0.396 e. The second-order valence-electron chi connectivity index (χ2n) is 8.28. The van der Waals surface area contributed by atoms with Crippen LogP contribution in [0.25, 0.3) is 11.1 Å². The molecule has 0 radical (unpaired) electrons. The number of aromatic nitrogens is 1. The van der Waals surface area contributed by atoms with Crippen LogP contribution in [0.3, 0.4) is 0 Å². The molecule has 3 rings (SSSR count). The molecule has 1 heterocycles. The van der Waals surface area contributed by atoms with Gasteiger partial charge in [-0.15, -0.1) is 0 Å². The van der Waals surface area contributed by atoms with Gasteiger partial charge in [0.1, 0.15) is 5.15 Å². The summed E-state index contributed by atoms with van der Waals surface area (Å²) in [6.45, 7) is 0.463. The molecule has 2 aromatic carbocycles. The molecule has 3 aromatic rings. The number of carbonyl (C=O) groups is 1. The number of aliphatic hydroxyl groups excluding tert-OH is 1. The number of rotatable bonds is 7. The number of nitrogens with zero attached hydrogens (tertiary/aromatic N) is 2. The van der Waals surface area contributed by atoms with Crippen LogP contribution in [0.15, 0.2) is 60.8 Å². The Morgan fingerprint density at radius 1 is 1.00 bits per heavy atom. The van der Waals surface area contributed by atoms with Crippen LogP contribution in [0.4, 0.5) is 26.3 Å². The first kappa shape index (κ1) is 27.5. The Labute approximate surface area is 208 Å². The zero-order valence-electron chi connectivity index (χ0n) is 18.9. The molecule has 36 heavy (non-hydrogen) atoms. The maximum Gasteiger partial charge on any atom is 0.416 e. The van der Waals surface area contributed by atoms with Gasteiger partial charge in [-0.3, -0.25) is 4.79 Å². The largest absolute Gasteiger partial charge is 0.416 e. The lowest BCUT2D eigenvalue weighted by Gasteiger charge is -2.27. The summed E-state index contributed by atoms with van der Waals surface area (Å²) in [5.74, 6) is -1.28. The van der Waals surface area contributed by atoms with Crippen LogP contribution in [0.2, 0.25) is 5.15 Å². The normalized spacial score (nSPS) is 12.9. The molecule has 0 fully saturated rings. The van der Waals surface area contributed by atoms with Crippen LogP contribution < -0.4 is 0 Å². The van der Waals surface area contributed by atoms with Gasteiger partial charge in [0.15, 0.2) is 0 Å². The topological polar surface area (TPSA) is 53.4 Å². The highest BCUT2D eigenvalue weighted by Crippen LogP contribution is 2.37. The summed E-state index contributed by atoms with van der Waals surface area (Å²) in [4.78, 5) is 18.7. The average molecular weight is 531 g/mol. The van der Waals surface area contributed by atoms with E-state index in [1.165, 1.54) is 12.3 Å². The van der Waals surface area contributed by atoms with Gasteiger partial charge < -0.3 is 10.0 Å². The van der Waals surface area contributed by atoms with Crippen molar-refractivity contribution in [3.05, 3.63) is 88.2 Å². The fourth-order valence-electron chi connectivity index (χ4n) is 3.64. The molecule has 0 spiro atoms. The average Bonchev–Trinajstić information content (AvgIpc) is 2.82. The van der Waals surface area contributed by atoms with E-state index in [9.17, 15) is 36.2 Å². The maximum atomic E-state index is 13.7. The Bertz CT molecular complexity index is 1180. The van der Waals surface area contributed by atoms with Gasteiger partial charge in [0.2, 0.25) is 0 Å². The summed E-state index contributed by atoms with van der Waals surface area (Å²) >= 11 is 6.26. The lowest BCUT2D eigenvalue weighted by atomic mass is 9.99. The fraction of sp³-hybridized carbons (Fsp3) is 0.280. The molecule has 0 bridgehead atoms. The lowest BCUT2D eigenvalue weighted by Crippen LogP contribution is -2.36. The van der Waals surface area contributed by atoms with E-state index in [1.807, 2.05) is 0 Å². The molecule has 0 aliphatic rings. The fourth-order valence-corrected chi connectivity index (χ4v) is 3.88. The summed E-state index contributed by atoms with van der Waals surface area (Å²) < 4.78 is 80.1. The van der Waals surface area contributed by atoms with Gasteiger partial charge in [-0.1, -0.05) is 48.9 Å². The van der Waals surface area contributed by atoms with Crippen LogP contribution in [-0.4, -0.2) is 34.0 Å². The second kappa shape index (κ2) is 10.9. The van der Waals surface area contributed by atoms with Gasteiger partial charge in [0.05, 0.1) is 16.7 Å². The van der Waals surface area contributed by atoms with Gasteiger partial charge in [-0.25, -0.2) is 4.98 Å². The Kier molecular flexibility index (Phi) is 8.30. The number of hydrogen-bond acceptors (Lipinski definition) is 3. The van der Waals surface area contributed by atoms with E-state index in [-0.39, 0.29) is 35.5 Å². The van der Waals surface area contributed by atoms with Crippen LogP contribution in [0.1, 0.15) is 34.0 Å². The van der Waals surface area contributed by atoms with Gasteiger partial charge in [-0.05, 0) is 46.9 Å². The summed E-state index contributed by atoms with van der Waals surface area (Å²) in [7, 11) is 0. The summed E-state index contributed by atoms with van der Waals surface area (Å²) in [5, 5.41) is 9.34. The molecule has 0 aliphatic carbocycles. The summed E-state index contributed by atoms with van der Waals surface area (Å²) in [5.41, 5.74) is -2.41. The number of hydrogen-bond donors (Lipinski definition) is 1. The third-order valence-corrected chi connectivity index (χ3v) is 5.64. The van der Waals surface area contributed by atoms with E-state index in [0.717, 1.165) is 4.90 Å². The molecular weight excluding hydrogens is 510 g/mol. The van der Waals surface area contributed by atoms with Crippen molar-refractivity contribution in [3.8, 4) is 11.1 Å². The SMILES string of the molecule is CC(CO)CN(Cc1cc(C(F)(F)F)cc(C(F)(F)F)c1)C(=O)c1c(-c2ccccc2)ccnc1Cl. The monoisotopic (exact) mass is 530 g/mol. The summed E-state index contributed by atoms with van der Waals surface area (Å²) in [6.07, 6.45) is -8.68. The van der Waals surface area contributed by atoms with Crippen molar-refractivity contribution in [1.82, 2.24) is 9.88 Å². The van der Waals surface area contributed by atoms with E-state index >= 15 is 0 Å². The van der Waals surface area contributed by atoms with E-state index in [1.54, 1.807) is 37.3 Å². The van der Waals surface area contributed by atoms with Crippen LogP contribution in [-0.2, 0) is 18.9 Å². The van der Waals surface area contributed by atoms with Crippen LogP contribution >= 0.6 is 11.6 Å². The third-order valence-electron chi connectivity index (χ3n) is 5.36. The van der Waals surface area contributed by atoms with Gasteiger partial charge in [0, 0.05) is 25.9 Å². The van der Waals surface area contributed by atoms with Gasteiger partial charge in [-0.2, -0.15) is 26.3 Å². The third kappa shape index (κ3) is 6.55. The molecule has 1 amide bonds. The molecule has 11 heteroatoms. The molecule has 0 aliphatic heterocycles. The van der Waals surface area contributed by atoms with Crippen molar-refractivity contribution in [1.29, 1.82) is 0 Å². The number of aliphatic hydroxyl groups is 1. The second-order valence-corrected chi connectivity index (χ2v) is 8.64. The van der Waals surface area contributed by atoms with Crippen molar-refractivity contribution >= 4 is 17.5 Å². The highest BCUT2D eigenvalue weighted by Gasteiger charge is 2.37. The van der Waals surface area contributed by atoms with Crippen LogP contribution in [0.5, 0.6) is 0 Å². The molecule has 1 N–H and O–H groups in total. The Morgan fingerprint density at radius 3 is 2.11 bits per heavy atom. The Hall–Kier alpha value is -3.11. The van der Waals surface area contributed by atoms with Crippen molar-refractivity contribution < 1.29 is 36.2 Å². The molecular formula is C25H21ClF6N2O2. The molecule has 4 nitrogen and oxygen atoms in total. The first-order valence-electron chi connectivity index (χ1n) is 10.7. The standard InChI is InChI=1S/C25H21ClF6N2O2/c1-15(14-35)12-34(13-16-9-18(24(27,28)29)11-19(10-16)25(30,31)32)23(36)21-20(7-8-33-22(21)26)17-5-3-2-4-6-17/h2-11,15,35H,12-14H2,1H3. The first-order chi connectivity index (χ1) is 16.8. The quantitative estimate of drug-likeness (QED) is 0.273. The maximum absolute atomic E-state index is 13.7. The highest BCUT2D eigenvalue weighted by molar-refractivity contribution is 6.33. The molecule has 1 unspecified atom stereocenters. The zero-order valence-corrected chi connectivity index (χ0v) is 19.6. The Morgan fingerprint density at radius 2 is 1.58 bits per heavy atom. The van der Waals surface area contributed by atoms with E-state index in [0.29, 0.717) is 23.3 Å². The molecule has 192 valence electrons. The number of amides is 1. The minimum atomic E-state index is -5.03. The minimum absolute atomic E-state index is 0.0253. The van der Waals surface area contributed by atoms with Crippen molar-refractivity contribution in [3.63, 3.8) is 0 Å². The molecule has 0 saturated heterocycles. The molecule has 1 aromatic heterocycles. The first-order valence-corrected chi connectivity index (χ1v) is 11.1. The van der Waals surface area contributed by atoms with Crippen molar-refractivity contribution in [2.24, 2.45) is 5.92 Å². The van der Waals surface area contributed by atoms with E-state index < -0.39 is 41.8 Å².